The smallest absolute Gasteiger partial charge is 0.0465 e. The number of anilines is 3. The molecule has 0 radical (unpaired) electrons. The molecule has 0 heterocycles. The zero-order chi connectivity index (χ0) is 31.6. The average molecular weight is 594 g/mol. The van der Waals surface area contributed by atoms with Crippen LogP contribution in [0.1, 0.15) is 51.3 Å². The number of hydrogen-bond donors (Lipinski definition) is 0. The monoisotopic (exact) mass is 593 g/mol. The molecule has 0 spiro atoms. The van der Waals surface area contributed by atoms with Gasteiger partial charge in [0.2, 0.25) is 0 Å². The molecular weight excluding hydrogens is 555 g/mol. The molecule has 1 nitrogen and oxygen atoms in total. The summed E-state index contributed by atoms with van der Waals surface area (Å²) in [6.45, 7) is 11.6. The van der Waals surface area contributed by atoms with Crippen LogP contribution in [0.2, 0.25) is 0 Å². The maximum absolute atomic E-state index is 2.45. The molecule has 1 aliphatic rings. The van der Waals surface area contributed by atoms with Crippen LogP contribution in [0.4, 0.5) is 17.1 Å². The van der Waals surface area contributed by atoms with Gasteiger partial charge >= 0.3 is 0 Å². The van der Waals surface area contributed by atoms with Crippen LogP contribution in [-0.2, 0) is 10.8 Å². The van der Waals surface area contributed by atoms with Gasteiger partial charge in [-0.3, -0.25) is 0 Å². The van der Waals surface area contributed by atoms with Crippen molar-refractivity contribution in [1.29, 1.82) is 0 Å². The lowest BCUT2D eigenvalue weighted by atomic mass is 9.79. The first-order valence-electron chi connectivity index (χ1n) is 16.4. The van der Waals surface area contributed by atoms with E-state index >= 15 is 0 Å². The van der Waals surface area contributed by atoms with Crippen LogP contribution >= 0.6 is 0 Å². The number of fused-ring (bicyclic) bond motifs is 8. The molecule has 0 amide bonds. The average Bonchev–Trinajstić information content (AvgIpc) is 3.32. The normalized spacial score (nSPS) is 13.5. The summed E-state index contributed by atoms with van der Waals surface area (Å²) in [5.41, 5.74) is 12.7. The Morgan fingerprint density at radius 3 is 1.61 bits per heavy atom. The number of hydrogen-bond acceptors (Lipinski definition) is 1. The van der Waals surface area contributed by atoms with Crippen LogP contribution in [0.3, 0.4) is 0 Å². The quantitative estimate of drug-likeness (QED) is 0.184. The van der Waals surface area contributed by atoms with Crippen LogP contribution < -0.4 is 4.90 Å². The second-order valence-corrected chi connectivity index (χ2v) is 14.2. The molecule has 0 saturated carbocycles. The highest BCUT2D eigenvalue weighted by Gasteiger charge is 2.39. The molecule has 0 atom stereocenters. The summed E-state index contributed by atoms with van der Waals surface area (Å²) < 4.78 is 0. The summed E-state index contributed by atoms with van der Waals surface area (Å²) >= 11 is 0. The minimum Gasteiger partial charge on any atom is -0.310 e. The summed E-state index contributed by atoms with van der Waals surface area (Å²) in [5, 5.41) is 5.34. The first-order valence-corrected chi connectivity index (χ1v) is 16.4. The lowest BCUT2D eigenvalue weighted by Crippen LogP contribution is -2.17. The second kappa shape index (κ2) is 10.5. The molecule has 224 valence electrons. The van der Waals surface area contributed by atoms with Crippen LogP contribution in [0.5, 0.6) is 0 Å². The molecule has 0 aliphatic heterocycles. The van der Waals surface area contributed by atoms with Crippen LogP contribution in [-0.4, -0.2) is 0 Å². The molecule has 7 aromatic carbocycles. The molecule has 0 unspecified atom stereocenters. The van der Waals surface area contributed by atoms with E-state index in [2.05, 4.69) is 185 Å². The largest absolute Gasteiger partial charge is 0.310 e. The minimum absolute atomic E-state index is 0.0929. The third kappa shape index (κ3) is 4.45. The van der Waals surface area contributed by atoms with E-state index in [4.69, 9.17) is 0 Å². The Bertz CT molecular complexity index is 2230. The van der Waals surface area contributed by atoms with E-state index in [0.717, 1.165) is 11.4 Å². The van der Waals surface area contributed by atoms with E-state index in [1.807, 2.05) is 0 Å². The molecule has 0 saturated heterocycles. The van der Waals surface area contributed by atoms with Crippen LogP contribution in [0.25, 0.3) is 43.8 Å². The van der Waals surface area contributed by atoms with Gasteiger partial charge < -0.3 is 4.90 Å². The van der Waals surface area contributed by atoms with Crippen LogP contribution in [0.15, 0.2) is 146 Å². The Morgan fingerprint density at radius 1 is 0.478 bits per heavy atom. The van der Waals surface area contributed by atoms with E-state index in [-0.39, 0.29) is 10.8 Å². The third-order valence-electron chi connectivity index (χ3n) is 9.99. The van der Waals surface area contributed by atoms with Gasteiger partial charge in [-0.05, 0) is 102 Å². The highest BCUT2D eigenvalue weighted by atomic mass is 15.1. The third-order valence-corrected chi connectivity index (χ3v) is 9.99. The Labute approximate surface area is 272 Å². The Morgan fingerprint density at radius 2 is 0.978 bits per heavy atom. The van der Waals surface area contributed by atoms with E-state index in [0.29, 0.717) is 0 Å². The van der Waals surface area contributed by atoms with Crippen molar-refractivity contribution in [1.82, 2.24) is 0 Å². The fourth-order valence-electron chi connectivity index (χ4n) is 7.60. The summed E-state index contributed by atoms with van der Waals surface area (Å²) in [6, 6.07) is 53.7. The standard InChI is InChI=1S/C45H39N/c1-44(2,3)32-21-25-34(26-22-32)46(33-23-19-31(20-24-33)30-13-7-6-8-14-30)35-27-28-40-41(29-35)45(4,5)43-39-18-12-10-16-37(39)36-15-9-11-17-38(36)42(40)43/h6-29H,1-5H3. The van der Waals surface area contributed by atoms with Crippen molar-refractivity contribution in [3.8, 4) is 22.3 Å². The van der Waals surface area contributed by atoms with Crippen molar-refractivity contribution in [3.05, 3.63) is 162 Å². The summed E-state index contributed by atoms with van der Waals surface area (Å²) in [7, 11) is 0. The fourth-order valence-corrected chi connectivity index (χ4v) is 7.60. The summed E-state index contributed by atoms with van der Waals surface area (Å²) in [5.74, 6) is 0. The Kier molecular flexibility index (Phi) is 6.44. The zero-order valence-electron chi connectivity index (χ0n) is 27.3. The minimum atomic E-state index is -0.163. The first-order chi connectivity index (χ1) is 22.2. The second-order valence-electron chi connectivity index (χ2n) is 14.2. The first kappa shape index (κ1) is 28.3. The predicted octanol–water partition coefficient (Wildman–Crippen LogP) is 12.7. The fraction of sp³-hybridized carbons (Fsp3) is 0.156. The van der Waals surface area contributed by atoms with Crippen molar-refractivity contribution < 1.29 is 0 Å². The van der Waals surface area contributed by atoms with Gasteiger partial charge in [0, 0.05) is 22.5 Å². The predicted molar refractivity (Wildman–Crippen MR) is 198 cm³/mol. The van der Waals surface area contributed by atoms with Gasteiger partial charge in [0.25, 0.3) is 0 Å². The highest BCUT2D eigenvalue weighted by molar-refractivity contribution is 6.18. The lowest BCUT2D eigenvalue weighted by molar-refractivity contribution is 0.590. The van der Waals surface area contributed by atoms with E-state index in [1.165, 1.54) is 66.2 Å². The summed E-state index contributed by atoms with van der Waals surface area (Å²) in [4.78, 5) is 2.41. The Hall–Kier alpha value is -5.14. The van der Waals surface area contributed by atoms with Gasteiger partial charge in [-0.25, -0.2) is 0 Å². The van der Waals surface area contributed by atoms with Gasteiger partial charge in [-0.2, -0.15) is 0 Å². The summed E-state index contributed by atoms with van der Waals surface area (Å²) in [6.07, 6.45) is 0. The molecule has 8 rings (SSSR count). The lowest BCUT2D eigenvalue weighted by Gasteiger charge is -2.29. The molecule has 0 fully saturated rings. The van der Waals surface area contributed by atoms with Crippen molar-refractivity contribution >= 4 is 38.6 Å². The molecule has 0 aromatic heterocycles. The maximum atomic E-state index is 2.45. The van der Waals surface area contributed by atoms with E-state index in [1.54, 1.807) is 0 Å². The molecule has 7 aromatic rings. The molecular formula is C45H39N. The van der Waals surface area contributed by atoms with Crippen molar-refractivity contribution in [2.75, 3.05) is 4.90 Å². The van der Waals surface area contributed by atoms with Crippen molar-refractivity contribution in [2.45, 2.75) is 45.4 Å². The SMILES string of the molecule is CC(C)(C)c1ccc(N(c2ccc(-c3ccccc3)cc2)c2ccc3c(c2)C(C)(C)c2c-3c3ccccc3c3ccccc23)cc1. The van der Waals surface area contributed by atoms with Gasteiger partial charge in [0.05, 0.1) is 0 Å². The number of nitrogens with zero attached hydrogens (tertiary/aromatic N) is 1. The highest BCUT2D eigenvalue weighted by Crippen LogP contribution is 2.55. The van der Waals surface area contributed by atoms with Crippen molar-refractivity contribution in [3.63, 3.8) is 0 Å². The molecule has 0 bridgehead atoms. The van der Waals surface area contributed by atoms with Gasteiger partial charge in [-0.1, -0.05) is 144 Å². The Balaban J connectivity index is 1.31. The molecule has 1 heteroatoms. The zero-order valence-corrected chi connectivity index (χ0v) is 27.3. The van der Waals surface area contributed by atoms with Gasteiger partial charge in [0.1, 0.15) is 0 Å². The van der Waals surface area contributed by atoms with E-state index < -0.39 is 0 Å². The van der Waals surface area contributed by atoms with Crippen LogP contribution in [0, 0.1) is 0 Å². The molecule has 1 aliphatic carbocycles. The van der Waals surface area contributed by atoms with Gasteiger partial charge in [-0.15, -0.1) is 0 Å². The van der Waals surface area contributed by atoms with Crippen molar-refractivity contribution in [2.24, 2.45) is 0 Å². The maximum Gasteiger partial charge on any atom is 0.0465 e. The molecule has 46 heavy (non-hydrogen) atoms. The van der Waals surface area contributed by atoms with Gasteiger partial charge in [0.15, 0.2) is 0 Å². The number of rotatable bonds is 4. The molecule has 0 N–H and O–H groups in total. The topological polar surface area (TPSA) is 3.24 Å². The number of benzene rings is 7. The van der Waals surface area contributed by atoms with E-state index in [9.17, 15) is 0 Å².